The van der Waals surface area contributed by atoms with Gasteiger partial charge in [-0.25, -0.2) is 5.14 Å². The molecule has 0 saturated carbocycles. The summed E-state index contributed by atoms with van der Waals surface area (Å²) in [7, 11) is -3.89. The second kappa shape index (κ2) is 3.56. The predicted molar refractivity (Wildman–Crippen MR) is 44.3 cm³/mol. The monoisotopic (exact) mass is 255 g/mol. The van der Waals surface area contributed by atoms with E-state index in [2.05, 4.69) is 25.3 Å². The highest BCUT2D eigenvalue weighted by Crippen LogP contribution is 2.14. The lowest BCUT2D eigenvalue weighted by Crippen LogP contribution is -2.15. The lowest BCUT2D eigenvalue weighted by atomic mass is 10.5. The van der Waals surface area contributed by atoms with Crippen molar-refractivity contribution in [1.82, 2.24) is 0 Å². The molecule has 0 amide bonds. The van der Waals surface area contributed by atoms with Gasteiger partial charge < -0.3 is 4.42 Å². The van der Waals surface area contributed by atoms with Crippen LogP contribution in [0.25, 0.3) is 0 Å². The topological polar surface area (TPSA) is 82.5 Å². The van der Waals surface area contributed by atoms with Crippen LogP contribution in [0.2, 0.25) is 0 Å². The van der Waals surface area contributed by atoms with Crippen LogP contribution in [0, 0.1) is 0 Å². The molecule has 0 fully saturated rings. The predicted octanol–water partition coefficient (Wildman–Crippen LogP) is 0.762. The summed E-state index contributed by atoms with van der Waals surface area (Å²) in [6, 6.07) is 3.21. The molecule has 0 unspecified atom stereocenters. The van der Waals surface area contributed by atoms with Crippen LogP contribution in [-0.4, -0.2) is 8.42 Å². The molecule has 0 radical (unpaired) electrons. The van der Waals surface area contributed by atoms with Crippen LogP contribution < -0.4 is 5.14 Å². The van der Waals surface area contributed by atoms with Crippen LogP contribution in [0.4, 0.5) is 0 Å². The van der Waals surface area contributed by atoms with Gasteiger partial charge in [-0.1, -0.05) is 0 Å². The van der Waals surface area contributed by atoms with Gasteiger partial charge in [-0.2, -0.15) is 8.42 Å². The summed E-state index contributed by atoms with van der Waals surface area (Å²) < 4.78 is 30.4. The summed E-state index contributed by atoms with van der Waals surface area (Å²) in [5.41, 5.74) is 0. The molecule has 1 rings (SSSR count). The Morgan fingerprint density at radius 3 is 2.67 bits per heavy atom. The maximum absolute atomic E-state index is 10.3. The number of furan rings is 1. The molecule has 0 spiro atoms. The molecule has 5 nitrogen and oxygen atoms in total. The highest BCUT2D eigenvalue weighted by atomic mass is 79.9. The largest absolute Gasteiger partial charge is 0.452 e. The first-order chi connectivity index (χ1) is 5.47. The lowest BCUT2D eigenvalue weighted by Gasteiger charge is -1.95. The average molecular weight is 256 g/mol. The van der Waals surface area contributed by atoms with Crippen molar-refractivity contribution in [1.29, 1.82) is 0 Å². The standard InChI is InChI=1S/C5H6BrNO4S/c6-5-2-1-4(11-5)3-10-12(7,8)9/h1-2H,3H2,(H2,7,8,9). The van der Waals surface area contributed by atoms with Gasteiger partial charge in [0.2, 0.25) is 0 Å². The van der Waals surface area contributed by atoms with Crippen molar-refractivity contribution in [3.63, 3.8) is 0 Å². The van der Waals surface area contributed by atoms with Gasteiger partial charge in [-0.05, 0) is 28.1 Å². The maximum Gasteiger partial charge on any atom is 0.333 e. The number of hydrogen-bond donors (Lipinski definition) is 1. The summed E-state index contributed by atoms with van der Waals surface area (Å²) in [6.07, 6.45) is 0. The van der Waals surface area contributed by atoms with E-state index in [9.17, 15) is 8.42 Å². The minimum atomic E-state index is -3.89. The Balaban J connectivity index is 2.55. The Kier molecular flexibility index (Phi) is 2.89. The summed E-state index contributed by atoms with van der Waals surface area (Å²) in [5, 5.41) is 4.59. The minimum Gasteiger partial charge on any atom is -0.452 e. The van der Waals surface area contributed by atoms with Crippen molar-refractivity contribution in [2.45, 2.75) is 6.61 Å². The fourth-order valence-electron chi connectivity index (χ4n) is 0.570. The second-order valence-corrected chi connectivity index (χ2v) is 3.96. The fraction of sp³-hybridized carbons (Fsp3) is 0.200. The van der Waals surface area contributed by atoms with Gasteiger partial charge in [0.1, 0.15) is 12.4 Å². The van der Waals surface area contributed by atoms with Gasteiger partial charge in [0, 0.05) is 0 Å². The smallest absolute Gasteiger partial charge is 0.333 e. The quantitative estimate of drug-likeness (QED) is 0.865. The zero-order valence-electron chi connectivity index (χ0n) is 5.86. The Hall–Kier alpha value is -0.370. The second-order valence-electron chi connectivity index (χ2n) is 1.96. The van der Waals surface area contributed by atoms with E-state index in [0.29, 0.717) is 10.4 Å². The van der Waals surface area contributed by atoms with E-state index in [4.69, 9.17) is 4.42 Å². The van der Waals surface area contributed by atoms with Crippen LogP contribution in [-0.2, 0) is 21.1 Å². The molecule has 68 valence electrons. The minimum absolute atomic E-state index is 0.190. The van der Waals surface area contributed by atoms with E-state index in [1.165, 1.54) is 0 Å². The van der Waals surface area contributed by atoms with Gasteiger partial charge in [-0.3, -0.25) is 4.18 Å². The van der Waals surface area contributed by atoms with Crippen LogP contribution in [0.3, 0.4) is 0 Å². The van der Waals surface area contributed by atoms with Gasteiger partial charge >= 0.3 is 10.3 Å². The van der Waals surface area contributed by atoms with Crippen LogP contribution >= 0.6 is 15.9 Å². The van der Waals surface area contributed by atoms with Crippen LogP contribution in [0.1, 0.15) is 5.76 Å². The summed E-state index contributed by atoms with van der Waals surface area (Å²) in [5.74, 6) is 0.385. The Morgan fingerprint density at radius 1 is 1.58 bits per heavy atom. The molecule has 1 aromatic rings. The summed E-state index contributed by atoms with van der Waals surface area (Å²) in [6.45, 7) is -0.190. The van der Waals surface area contributed by atoms with Gasteiger partial charge in [0.15, 0.2) is 4.67 Å². The molecule has 0 atom stereocenters. The maximum atomic E-state index is 10.3. The van der Waals surface area contributed by atoms with E-state index in [-0.39, 0.29) is 6.61 Å². The van der Waals surface area contributed by atoms with E-state index in [1.807, 2.05) is 0 Å². The molecule has 12 heavy (non-hydrogen) atoms. The molecule has 0 aromatic carbocycles. The van der Waals surface area contributed by atoms with Crippen molar-refractivity contribution in [2.24, 2.45) is 5.14 Å². The normalized spacial score (nSPS) is 11.8. The van der Waals surface area contributed by atoms with Crippen LogP contribution in [0.15, 0.2) is 21.2 Å². The van der Waals surface area contributed by atoms with Crippen molar-refractivity contribution < 1.29 is 17.0 Å². The third kappa shape index (κ3) is 3.35. The summed E-state index contributed by atoms with van der Waals surface area (Å²) >= 11 is 3.05. The molecule has 0 bridgehead atoms. The number of rotatable bonds is 3. The van der Waals surface area contributed by atoms with Crippen molar-refractivity contribution in [3.05, 3.63) is 22.6 Å². The van der Waals surface area contributed by atoms with Gasteiger partial charge in [0.05, 0.1) is 0 Å². The molecule has 1 aromatic heterocycles. The van der Waals surface area contributed by atoms with Crippen molar-refractivity contribution in [2.75, 3.05) is 0 Å². The lowest BCUT2D eigenvalue weighted by molar-refractivity contribution is 0.272. The molecule has 0 saturated heterocycles. The highest BCUT2D eigenvalue weighted by molar-refractivity contribution is 9.10. The molecule has 0 aliphatic carbocycles. The first-order valence-corrected chi connectivity index (χ1v) is 5.15. The third-order valence-corrected chi connectivity index (χ3v) is 1.87. The fourth-order valence-corrected chi connectivity index (χ4v) is 1.19. The zero-order chi connectivity index (χ0) is 9.19. The summed E-state index contributed by atoms with van der Waals surface area (Å²) in [4.78, 5) is 0. The molecular formula is C5H6BrNO4S. The number of nitrogens with two attached hydrogens (primary N) is 1. The molecule has 0 aliphatic rings. The van der Waals surface area contributed by atoms with E-state index >= 15 is 0 Å². The molecule has 7 heteroatoms. The van der Waals surface area contributed by atoms with Crippen molar-refractivity contribution in [3.8, 4) is 0 Å². The average Bonchev–Trinajstić information content (AvgIpc) is 2.30. The SMILES string of the molecule is NS(=O)(=O)OCc1ccc(Br)o1. The van der Waals surface area contributed by atoms with Crippen molar-refractivity contribution >= 4 is 26.2 Å². The third-order valence-electron chi connectivity index (χ3n) is 0.994. The number of halogens is 1. The Labute approximate surface area is 77.9 Å². The zero-order valence-corrected chi connectivity index (χ0v) is 8.26. The highest BCUT2D eigenvalue weighted by Gasteiger charge is 2.05. The first kappa shape index (κ1) is 9.72. The van der Waals surface area contributed by atoms with Gasteiger partial charge in [0.25, 0.3) is 0 Å². The number of hydrogen-bond acceptors (Lipinski definition) is 4. The first-order valence-electron chi connectivity index (χ1n) is 2.89. The Morgan fingerprint density at radius 2 is 2.25 bits per heavy atom. The molecule has 0 aliphatic heterocycles. The Bertz CT molecular complexity index is 357. The van der Waals surface area contributed by atoms with Crippen LogP contribution in [0.5, 0.6) is 0 Å². The molecule has 1 heterocycles. The van der Waals surface area contributed by atoms with E-state index < -0.39 is 10.3 Å². The van der Waals surface area contributed by atoms with E-state index in [1.54, 1.807) is 12.1 Å². The molecule has 2 N–H and O–H groups in total. The van der Waals surface area contributed by atoms with E-state index in [0.717, 1.165) is 0 Å². The molecular weight excluding hydrogens is 250 g/mol. The van der Waals surface area contributed by atoms with Gasteiger partial charge in [-0.15, -0.1) is 0 Å².